The average Bonchev–Trinajstić information content (AvgIpc) is 3.70. The van der Waals surface area contributed by atoms with Crippen molar-refractivity contribution in [2.45, 2.75) is 51.7 Å². The Morgan fingerprint density at radius 1 is 1.06 bits per heavy atom. The Morgan fingerprint density at radius 3 is 2.43 bits per heavy atom. The van der Waals surface area contributed by atoms with Gasteiger partial charge in [0, 0.05) is 79.8 Å². The molecule has 7 nitrogen and oxygen atoms in total. The van der Waals surface area contributed by atoms with Crippen molar-refractivity contribution in [2.75, 3.05) is 41.8 Å². The highest BCUT2D eigenvalue weighted by Gasteiger charge is 2.47. The minimum atomic E-state index is -0.0891. The average molecular weight is 476 g/mol. The summed E-state index contributed by atoms with van der Waals surface area (Å²) in [6, 6.07) is 15.0. The number of carbonyl (C=O) groups is 2. The summed E-state index contributed by atoms with van der Waals surface area (Å²) in [5, 5.41) is 9.98. The van der Waals surface area contributed by atoms with Gasteiger partial charge in [-0.2, -0.15) is 0 Å². The molecule has 2 aromatic rings. The molecule has 3 aliphatic rings. The molecule has 5 rings (SSSR count). The molecule has 0 bridgehead atoms. The quantitative estimate of drug-likeness (QED) is 0.614. The molecule has 0 radical (unpaired) electrons. The van der Waals surface area contributed by atoms with Crippen LogP contribution in [0, 0.1) is 11.8 Å². The van der Waals surface area contributed by atoms with Gasteiger partial charge in [-0.05, 0) is 68.1 Å². The lowest BCUT2D eigenvalue weighted by Crippen LogP contribution is -2.51. The predicted octanol–water partition coefficient (Wildman–Crippen LogP) is 3.78. The number of piperazine rings is 1. The predicted molar refractivity (Wildman–Crippen MR) is 141 cm³/mol. The molecule has 3 N–H and O–H groups in total. The van der Waals surface area contributed by atoms with Crippen molar-refractivity contribution in [3.05, 3.63) is 53.6 Å². The van der Waals surface area contributed by atoms with Gasteiger partial charge < -0.3 is 25.8 Å². The minimum absolute atomic E-state index is 0.0670. The lowest BCUT2D eigenvalue weighted by molar-refractivity contribution is -0.117. The molecule has 1 saturated heterocycles. The van der Waals surface area contributed by atoms with Crippen molar-refractivity contribution in [3.8, 4) is 0 Å². The van der Waals surface area contributed by atoms with Gasteiger partial charge in [-0.1, -0.05) is 6.92 Å². The molecule has 7 heteroatoms. The first-order valence-electron chi connectivity index (χ1n) is 12.9. The molecular formula is C28H37N5O2. The van der Waals surface area contributed by atoms with Gasteiger partial charge in [0.05, 0.1) is 6.04 Å². The zero-order chi connectivity index (χ0) is 24.7. The van der Waals surface area contributed by atoms with Crippen LogP contribution in [0.1, 0.15) is 55.6 Å². The second-order valence-corrected chi connectivity index (χ2v) is 10.4. The van der Waals surface area contributed by atoms with Gasteiger partial charge in [0.2, 0.25) is 5.91 Å². The third kappa shape index (κ3) is 4.61. The van der Waals surface area contributed by atoms with E-state index in [2.05, 4.69) is 57.8 Å². The summed E-state index contributed by atoms with van der Waals surface area (Å²) in [7, 11) is 1.64. The summed E-state index contributed by atoms with van der Waals surface area (Å²) < 4.78 is 0. The molecule has 2 fully saturated rings. The summed E-state index contributed by atoms with van der Waals surface area (Å²) >= 11 is 0. The van der Waals surface area contributed by atoms with Crippen LogP contribution in [0.5, 0.6) is 0 Å². The van der Waals surface area contributed by atoms with Crippen LogP contribution in [0.2, 0.25) is 0 Å². The third-order valence-corrected chi connectivity index (χ3v) is 7.84. The number of nitrogens with one attached hydrogen (secondary N) is 3. The highest BCUT2D eigenvalue weighted by Crippen LogP contribution is 2.50. The van der Waals surface area contributed by atoms with Crippen LogP contribution < -0.4 is 25.8 Å². The molecule has 0 spiro atoms. The van der Waals surface area contributed by atoms with Crippen LogP contribution in [0.15, 0.2) is 42.5 Å². The second-order valence-electron chi connectivity index (χ2n) is 10.4. The van der Waals surface area contributed by atoms with Gasteiger partial charge in [0.15, 0.2) is 0 Å². The minimum Gasteiger partial charge on any atom is -0.378 e. The Morgan fingerprint density at radius 2 is 1.80 bits per heavy atom. The van der Waals surface area contributed by atoms with E-state index in [0.717, 1.165) is 31.0 Å². The van der Waals surface area contributed by atoms with Gasteiger partial charge >= 0.3 is 0 Å². The van der Waals surface area contributed by atoms with E-state index in [-0.39, 0.29) is 29.8 Å². The van der Waals surface area contributed by atoms with Crippen molar-refractivity contribution < 1.29 is 9.59 Å². The van der Waals surface area contributed by atoms with E-state index in [9.17, 15) is 9.59 Å². The normalized spacial score (nSPS) is 26.2. The lowest BCUT2D eigenvalue weighted by atomic mass is 9.79. The molecule has 2 heterocycles. The fourth-order valence-electron chi connectivity index (χ4n) is 5.96. The van der Waals surface area contributed by atoms with E-state index in [0.29, 0.717) is 17.5 Å². The van der Waals surface area contributed by atoms with E-state index >= 15 is 0 Å². The lowest BCUT2D eigenvalue weighted by Gasteiger charge is -2.46. The van der Waals surface area contributed by atoms with Gasteiger partial charge in [-0.25, -0.2) is 0 Å². The summed E-state index contributed by atoms with van der Waals surface area (Å²) in [5.41, 5.74) is 5.03. The van der Waals surface area contributed by atoms with Crippen LogP contribution in [0.25, 0.3) is 0 Å². The maximum Gasteiger partial charge on any atom is 0.251 e. The molecule has 2 aliphatic heterocycles. The molecule has 2 unspecified atom stereocenters. The Labute approximate surface area is 208 Å². The standard InChI is InChI=1S/C28H37N5O2/c1-17-16-32(14-13-30-17)23-11-12-25-24(15-23)26(18(2)27(20-5-6-20)33(25)19(3)34)31-22-9-7-21(8-10-22)28(35)29-4/h7-12,15,17-18,20,26-27,30-31H,5-6,13-14,16H2,1-4H3,(H,29,35)/t17-,18+,26?,27?/m0/s1. The van der Waals surface area contributed by atoms with Crippen LogP contribution >= 0.6 is 0 Å². The molecule has 1 aliphatic carbocycles. The molecule has 2 aromatic carbocycles. The fourth-order valence-corrected chi connectivity index (χ4v) is 5.96. The number of rotatable bonds is 5. The van der Waals surface area contributed by atoms with Gasteiger partial charge in [-0.15, -0.1) is 0 Å². The van der Waals surface area contributed by atoms with Gasteiger partial charge in [0.1, 0.15) is 0 Å². The van der Waals surface area contributed by atoms with E-state index in [4.69, 9.17) is 0 Å². The first-order valence-corrected chi connectivity index (χ1v) is 12.9. The number of anilines is 3. The molecule has 35 heavy (non-hydrogen) atoms. The van der Waals surface area contributed by atoms with Crippen molar-refractivity contribution in [3.63, 3.8) is 0 Å². The maximum atomic E-state index is 12.9. The Hall–Kier alpha value is -3.06. The maximum absolute atomic E-state index is 12.9. The Balaban J connectivity index is 1.53. The molecule has 0 aromatic heterocycles. The molecular weight excluding hydrogens is 438 g/mol. The SMILES string of the molecule is CNC(=O)c1ccc(NC2c3cc(N4CCN[C@@H](C)C4)ccc3N(C(C)=O)C(C3CC3)[C@@H]2C)cc1. The zero-order valence-electron chi connectivity index (χ0n) is 21.2. The van der Waals surface area contributed by atoms with Crippen LogP contribution in [0.4, 0.5) is 17.1 Å². The molecule has 4 atom stereocenters. The number of amides is 2. The number of hydrogen-bond acceptors (Lipinski definition) is 5. The van der Waals surface area contributed by atoms with Crippen LogP contribution in [-0.2, 0) is 4.79 Å². The highest BCUT2D eigenvalue weighted by atomic mass is 16.2. The van der Waals surface area contributed by atoms with E-state index in [1.807, 2.05) is 24.3 Å². The molecule has 186 valence electrons. The highest BCUT2D eigenvalue weighted by molar-refractivity contribution is 5.95. The van der Waals surface area contributed by atoms with E-state index in [1.54, 1.807) is 14.0 Å². The third-order valence-electron chi connectivity index (χ3n) is 7.84. The van der Waals surface area contributed by atoms with Crippen molar-refractivity contribution in [2.24, 2.45) is 11.8 Å². The summed E-state index contributed by atoms with van der Waals surface area (Å²) in [4.78, 5) is 29.4. The first kappa shape index (κ1) is 23.7. The smallest absolute Gasteiger partial charge is 0.251 e. The van der Waals surface area contributed by atoms with Crippen molar-refractivity contribution >= 4 is 28.9 Å². The molecule has 2 amide bonds. The van der Waals surface area contributed by atoms with Gasteiger partial charge in [-0.3, -0.25) is 9.59 Å². The summed E-state index contributed by atoms with van der Waals surface area (Å²) in [6.45, 7) is 9.10. The number of fused-ring (bicyclic) bond motifs is 1. The Bertz CT molecular complexity index is 1100. The van der Waals surface area contributed by atoms with Crippen LogP contribution in [-0.4, -0.2) is 50.6 Å². The largest absolute Gasteiger partial charge is 0.378 e. The molecule has 1 saturated carbocycles. The number of nitrogens with zero attached hydrogens (tertiary/aromatic N) is 2. The topological polar surface area (TPSA) is 76.7 Å². The number of hydrogen-bond donors (Lipinski definition) is 3. The summed E-state index contributed by atoms with van der Waals surface area (Å²) in [6.07, 6.45) is 2.36. The Kier molecular flexibility index (Phi) is 6.45. The van der Waals surface area contributed by atoms with Crippen LogP contribution in [0.3, 0.4) is 0 Å². The van der Waals surface area contributed by atoms with Crippen molar-refractivity contribution in [1.82, 2.24) is 10.6 Å². The van der Waals surface area contributed by atoms with E-state index < -0.39 is 0 Å². The van der Waals surface area contributed by atoms with E-state index in [1.165, 1.54) is 24.1 Å². The number of carbonyl (C=O) groups excluding carboxylic acids is 2. The zero-order valence-corrected chi connectivity index (χ0v) is 21.2. The fraction of sp³-hybridized carbons (Fsp3) is 0.500. The first-order chi connectivity index (χ1) is 16.9. The number of benzene rings is 2. The second kappa shape index (κ2) is 9.53. The van der Waals surface area contributed by atoms with Gasteiger partial charge in [0.25, 0.3) is 5.91 Å². The monoisotopic (exact) mass is 475 g/mol. The summed E-state index contributed by atoms with van der Waals surface area (Å²) in [5.74, 6) is 0.825. The van der Waals surface area contributed by atoms with Crippen molar-refractivity contribution in [1.29, 1.82) is 0 Å².